The van der Waals surface area contributed by atoms with E-state index in [-0.39, 0.29) is 5.56 Å². The van der Waals surface area contributed by atoms with E-state index in [2.05, 4.69) is 15.9 Å². The molecule has 0 heterocycles. The summed E-state index contributed by atoms with van der Waals surface area (Å²) in [5, 5.41) is 0.361. The second-order valence-electron chi connectivity index (χ2n) is 3.10. The average molecular weight is 268 g/mol. The lowest BCUT2D eigenvalue weighted by Crippen LogP contribution is -2.20. The summed E-state index contributed by atoms with van der Waals surface area (Å²) in [6.07, 6.45) is 0.361. The first-order chi connectivity index (χ1) is 6.01. The zero-order valence-corrected chi connectivity index (χ0v) is 8.87. The Morgan fingerprint density at radius 3 is 2.85 bits per heavy atom. The van der Waals surface area contributed by atoms with Crippen LogP contribution in [0.1, 0.15) is 11.1 Å². The van der Waals surface area contributed by atoms with Crippen molar-refractivity contribution in [3.63, 3.8) is 0 Å². The third-order valence-corrected chi connectivity index (χ3v) is 3.36. The Morgan fingerprint density at radius 2 is 2.15 bits per heavy atom. The van der Waals surface area contributed by atoms with E-state index in [1.807, 2.05) is 0 Å². The number of halogens is 4. The molecule has 0 radical (unpaired) electrons. The first-order valence-corrected chi connectivity index (χ1v) is 5.12. The molecule has 0 saturated heterocycles. The number of benzene rings is 1. The van der Waals surface area contributed by atoms with Crippen molar-refractivity contribution in [3.05, 3.63) is 34.3 Å². The van der Waals surface area contributed by atoms with Crippen molar-refractivity contribution in [2.24, 2.45) is 0 Å². The second-order valence-corrected chi connectivity index (χ2v) is 4.64. The van der Waals surface area contributed by atoms with Gasteiger partial charge in [0, 0.05) is 10.6 Å². The average Bonchev–Trinajstić information content (AvgIpc) is 2.27. The first kappa shape index (κ1) is 9.41. The number of rotatable bonds is 0. The summed E-state index contributed by atoms with van der Waals surface area (Å²) >= 11 is 8.62. The quantitative estimate of drug-likeness (QED) is 0.628. The lowest BCUT2D eigenvalue weighted by atomic mass is 10.1. The molecule has 0 amide bonds. The third-order valence-electron chi connectivity index (χ3n) is 2.22. The second kappa shape index (κ2) is 2.92. The zero-order chi connectivity index (χ0) is 9.64. The van der Waals surface area contributed by atoms with Crippen LogP contribution < -0.4 is 0 Å². The Hall–Kier alpha value is -0.150. The molecule has 0 aliphatic heterocycles. The molecule has 0 nitrogen and oxygen atoms in total. The molecule has 1 aromatic carbocycles. The monoisotopic (exact) mass is 266 g/mol. The molecule has 0 fully saturated rings. The standard InChI is InChI=1S/C9H6BrClF2/c10-8-3-5-1-2-6(11)4-7(5)9(8,12)13/h1-2,4,8H,3H2/t8-/m0/s1. The van der Waals surface area contributed by atoms with E-state index >= 15 is 0 Å². The van der Waals surface area contributed by atoms with Crippen LogP contribution in [-0.2, 0) is 12.3 Å². The Balaban J connectivity index is 2.57. The topological polar surface area (TPSA) is 0 Å². The molecule has 13 heavy (non-hydrogen) atoms. The number of hydrogen-bond donors (Lipinski definition) is 0. The zero-order valence-electron chi connectivity index (χ0n) is 6.53. The molecule has 0 aromatic heterocycles. The normalized spacial score (nSPS) is 24.5. The molecular weight excluding hydrogens is 261 g/mol. The van der Waals surface area contributed by atoms with Gasteiger partial charge in [-0.2, -0.15) is 0 Å². The molecule has 0 spiro atoms. The van der Waals surface area contributed by atoms with Gasteiger partial charge in [-0.05, 0) is 24.1 Å². The van der Waals surface area contributed by atoms with Crippen molar-refractivity contribution >= 4 is 27.5 Å². The van der Waals surface area contributed by atoms with Gasteiger partial charge in [-0.3, -0.25) is 0 Å². The molecular formula is C9H6BrClF2. The molecule has 2 rings (SSSR count). The summed E-state index contributed by atoms with van der Waals surface area (Å²) in [5.74, 6) is -2.79. The van der Waals surface area contributed by atoms with Crippen molar-refractivity contribution < 1.29 is 8.78 Å². The summed E-state index contributed by atoms with van der Waals surface area (Å²) < 4.78 is 26.8. The summed E-state index contributed by atoms with van der Waals surface area (Å²) in [5.41, 5.74) is 0.734. The highest BCUT2D eigenvalue weighted by Crippen LogP contribution is 2.46. The number of fused-ring (bicyclic) bond motifs is 1. The summed E-state index contributed by atoms with van der Waals surface area (Å²) in [6.45, 7) is 0. The fourth-order valence-corrected chi connectivity index (χ4v) is 2.29. The van der Waals surface area contributed by atoms with Gasteiger partial charge in [-0.25, -0.2) is 8.78 Å². The van der Waals surface area contributed by atoms with Crippen LogP contribution in [0.2, 0.25) is 5.02 Å². The molecule has 1 aliphatic rings. The highest BCUT2D eigenvalue weighted by atomic mass is 79.9. The highest BCUT2D eigenvalue weighted by Gasteiger charge is 2.46. The maximum atomic E-state index is 13.4. The van der Waals surface area contributed by atoms with E-state index in [0.717, 1.165) is 0 Å². The highest BCUT2D eigenvalue weighted by molar-refractivity contribution is 9.09. The van der Waals surface area contributed by atoms with Crippen LogP contribution in [0.15, 0.2) is 18.2 Å². The van der Waals surface area contributed by atoms with Gasteiger partial charge in [-0.1, -0.05) is 33.6 Å². The Bertz CT molecular complexity index is 351. The molecule has 1 aromatic rings. The number of hydrogen-bond acceptors (Lipinski definition) is 0. The molecule has 0 saturated carbocycles. The van der Waals surface area contributed by atoms with E-state index < -0.39 is 10.7 Å². The predicted molar refractivity (Wildman–Crippen MR) is 51.8 cm³/mol. The smallest absolute Gasteiger partial charge is 0.200 e. The van der Waals surface area contributed by atoms with Crippen LogP contribution >= 0.6 is 27.5 Å². The van der Waals surface area contributed by atoms with E-state index in [9.17, 15) is 8.78 Å². The molecule has 1 atom stereocenters. The molecule has 0 unspecified atom stereocenters. The van der Waals surface area contributed by atoms with E-state index in [1.165, 1.54) is 6.07 Å². The van der Waals surface area contributed by atoms with Crippen LogP contribution in [0.25, 0.3) is 0 Å². The largest absolute Gasteiger partial charge is 0.286 e. The summed E-state index contributed by atoms with van der Waals surface area (Å²) in [7, 11) is 0. The third kappa shape index (κ3) is 1.38. The minimum atomic E-state index is -2.79. The van der Waals surface area contributed by atoms with Crippen LogP contribution in [-0.4, -0.2) is 4.83 Å². The number of alkyl halides is 3. The van der Waals surface area contributed by atoms with Gasteiger partial charge in [0.15, 0.2) is 0 Å². The van der Waals surface area contributed by atoms with Crippen LogP contribution in [0, 0.1) is 0 Å². The Kier molecular flexibility index (Phi) is 2.11. The van der Waals surface area contributed by atoms with Crippen LogP contribution in [0.4, 0.5) is 8.78 Å². The van der Waals surface area contributed by atoms with Gasteiger partial charge >= 0.3 is 0 Å². The van der Waals surface area contributed by atoms with Crippen molar-refractivity contribution in [1.82, 2.24) is 0 Å². The minimum Gasteiger partial charge on any atom is -0.200 e. The SMILES string of the molecule is FC1(F)c2cc(Cl)ccc2C[C@@H]1Br. The molecule has 0 bridgehead atoms. The summed E-state index contributed by atoms with van der Waals surface area (Å²) in [6, 6.07) is 4.65. The first-order valence-electron chi connectivity index (χ1n) is 3.82. The van der Waals surface area contributed by atoms with Crippen molar-refractivity contribution in [1.29, 1.82) is 0 Å². The maximum Gasteiger partial charge on any atom is 0.286 e. The lowest BCUT2D eigenvalue weighted by molar-refractivity contribution is 0.00634. The van der Waals surface area contributed by atoms with Crippen molar-refractivity contribution in [2.75, 3.05) is 0 Å². The molecule has 0 N–H and O–H groups in total. The van der Waals surface area contributed by atoms with Crippen LogP contribution in [0.5, 0.6) is 0 Å². The fraction of sp³-hybridized carbons (Fsp3) is 0.333. The molecule has 70 valence electrons. The van der Waals surface area contributed by atoms with Gasteiger partial charge < -0.3 is 0 Å². The Labute approximate surface area is 88.0 Å². The van der Waals surface area contributed by atoms with Gasteiger partial charge in [0.2, 0.25) is 0 Å². The Morgan fingerprint density at radius 1 is 1.46 bits per heavy atom. The van der Waals surface area contributed by atoms with E-state index in [0.29, 0.717) is 17.0 Å². The van der Waals surface area contributed by atoms with Crippen molar-refractivity contribution in [2.45, 2.75) is 17.2 Å². The van der Waals surface area contributed by atoms with Gasteiger partial charge in [-0.15, -0.1) is 0 Å². The lowest BCUT2D eigenvalue weighted by Gasteiger charge is -2.13. The summed E-state index contributed by atoms with van der Waals surface area (Å²) in [4.78, 5) is -0.798. The van der Waals surface area contributed by atoms with E-state index in [1.54, 1.807) is 12.1 Å². The van der Waals surface area contributed by atoms with Crippen LogP contribution in [0.3, 0.4) is 0 Å². The van der Waals surface area contributed by atoms with Gasteiger partial charge in [0.1, 0.15) is 0 Å². The van der Waals surface area contributed by atoms with Gasteiger partial charge in [0.25, 0.3) is 5.92 Å². The molecule has 1 aliphatic carbocycles. The fourth-order valence-electron chi connectivity index (χ4n) is 1.53. The van der Waals surface area contributed by atoms with Crippen molar-refractivity contribution in [3.8, 4) is 0 Å². The van der Waals surface area contributed by atoms with E-state index in [4.69, 9.17) is 11.6 Å². The maximum absolute atomic E-state index is 13.4. The predicted octanol–water partition coefficient (Wildman–Crippen LogP) is 3.75. The molecule has 4 heteroatoms. The van der Waals surface area contributed by atoms with Gasteiger partial charge in [0.05, 0.1) is 4.83 Å². The minimum absolute atomic E-state index is 0.0573.